The summed E-state index contributed by atoms with van der Waals surface area (Å²) in [7, 11) is -3.57. The van der Waals surface area contributed by atoms with Crippen molar-refractivity contribution in [1.82, 2.24) is 14.9 Å². The van der Waals surface area contributed by atoms with Crippen molar-refractivity contribution in [2.45, 2.75) is 69.0 Å². The van der Waals surface area contributed by atoms with Gasteiger partial charge in [-0.2, -0.15) is 0 Å². The van der Waals surface area contributed by atoms with E-state index in [9.17, 15) is 17.6 Å². The lowest BCUT2D eigenvalue weighted by molar-refractivity contribution is 0.0497. The van der Waals surface area contributed by atoms with Gasteiger partial charge in [-0.3, -0.25) is 4.90 Å². The molecule has 0 aliphatic carbocycles. The lowest BCUT2D eigenvalue weighted by atomic mass is 10.0. The molecule has 1 amide bonds. The normalized spacial score (nSPS) is 17.8. The summed E-state index contributed by atoms with van der Waals surface area (Å²) in [4.78, 5) is 14.9. The van der Waals surface area contributed by atoms with Crippen LogP contribution in [0.15, 0.2) is 59.5 Å². The number of carbonyl (C=O) groups excluding carboxylic acids is 1. The summed E-state index contributed by atoms with van der Waals surface area (Å²) in [5.74, 6) is -0.308. The van der Waals surface area contributed by atoms with Crippen LogP contribution in [0.3, 0.4) is 0 Å². The molecule has 2 aromatic rings. The number of halogens is 1. The summed E-state index contributed by atoms with van der Waals surface area (Å²) in [5.41, 5.74) is -0.107. The van der Waals surface area contributed by atoms with Crippen LogP contribution in [-0.2, 0) is 21.2 Å². The summed E-state index contributed by atoms with van der Waals surface area (Å²) in [6, 6.07) is 14.6. The Morgan fingerprint density at radius 3 is 2.51 bits per heavy atom. The van der Waals surface area contributed by atoms with E-state index in [1.54, 1.807) is 69.3 Å². The maximum atomic E-state index is 14.3. The van der Waals surface area contributed by atoms with Gasteiger partial charge in [0.2, 0.25) is 10.0 Å². The van der Waals surface area contributed by atoms with Gasteiger partial charge in [0.25, 0.3) is 0 Å². The quantitative estimate of drug-likeness (QED) is 0.508. The maximum Gasteiger partial charge on any atom is 0.407 e. The van der Waals surface area contributed by atoms with Crippen LogP contribution in [0.4, 0.5) is 9.18 Å². The zero-order chi connectivity index (χ0) is 25.5. The first-order chi connectivity index (χ1) is 16.5. The molecule has 0 spiro atoms. The number of hydrogen-bond acceptors (Lipinski definition) is 5. The predicted molar refractivity (Wildman–Crippen MR) is 134 cm³/mol. The molecule has 0 aromatic heterocycles. The summed E-state index contributed by atoms with van der Waals surface area (Å²) in [5, 5.41) is 2.90. The van der Waals surface area contributed by atoms with E-state index >= 15 is 0 Å². The van der Waals surface area contributed by atoms with Crippen molar-refractivity contribution >= 4 is 16.1 Å². The molecule has 0 bridgehead atoms. The second kappa shape index (κ2) is 12.0. The van der Waals surface area contributed by atoms with Crippen molar-refractivity contribution in [2.75, 3.05) is 19.6 Å². The number of hydrogen-bond donors (Lipinski definition) is 2. The van der Waals surface area contributed by atoms with Crippen molar-refractivity contribution in [3.63, 3.8) is 0 Å². The van der Waals surface area contributed by atoms with Crippen molar-refractivity contribution < 1.29 is 22.3 Å². The fourth-order valence-corrected chi connectivity index (χ4v) is 5.35. The van der Waals surface area contributed by atoms with Gasteiger partial charge in [-0.25, -0.2) is 22.3 Å². The number of nitrogens with one attached hydrogen (secondary N) is 2. The minimum atomic E-state index is -3.57. The standard InChI is InChI=1S/C26H36FN3O4S/c1-26(2,3)34-25(31)29-21(18-20-10-7-8-14-24(20)27)15-17-30-16-9-11-22(30)19-28-35(32,33)23-12-5-4-6-13-23/h4-8,10,12-14,21-22,28H,9,11,15-19H2,1-3H3,(H,29,31)/t21-,22-/m0/s1. The summed E-state index contributed by atoms with van der Waals surface area (Å²) in [6.45, 7) is 7.19. The largest absolute Gasteiger partial charge is 0.444 e. The third kappa shape index (κ3) is 8.59. The molecule has 35 heavy (non-hydrogen) atoms. The zero-order valence-corrected chi connectivity index (χ0v) is 21.5. The monoisotopic (exact) mass is 505 g/mol. The van der Waals surface area contributed by atoms with E-state index < -0.39 is 21.7 Å². The first-order valence-corrected chi connectivity index (χ1v) is 13.5. The molecular weight excluding hydrogens is 469 g/mol. The topological polar surface area (TPSA) is 87.7 Å². The fraction of sp³-hybridized carbons (Fsp3) is 0.500. The van der Waals surface area contributed by atoms with Crippen molar-refractivity contribution in [2.24, 2.45) is 0 Å². The molecule has 1 saturated heterocycles. The van der Waals surface area contributed by atoms with Gasteiger partial charge >= 0.3 is 6.09 Å². The number of benzene rings is 2. The van der Waals surface area contributed by atoms with E-state index in [4.69, 9.17) is 4.74 Å². The molecule has 7 nitrogen and oxygen atoms in total. The van der Waals surface area contributed by atoms with Crippen molar-refractivity contribution in [3.8, 4) is 0 Å². The number of amides is 1. The van der Waals surface area contributed by atoms with Crippen LogP contribution in [0, 0.1) is 5.82 Å². The molecule has 192 valence electrons. The Kier molecular flexibility index (Phi) is 9.27. The molecule has 1 heterocycles. The third-order valence-corrected chi connectivity index (χ3v) is 7.41. The van der Waals surface area contributed by atoms with Crippen molar-refractivity contribution in [1.29, 1.82) is 0 Å². The van der Waals surface area contributed by atoms with Crippen LogP contribution in [0.2, 0.25) is 0 Å². The maximum absolute atomic E-state index is 14.3. The van der Waals surface area contributed by atoms with E-state index in [0.29, 0.717) is 31.5 Å². The van der Waals surface area contributed by atoms with Gasteiger partial charge in [0.15, 0.2) is 0 Å². The highest BCUT2D eigenvalue weighted by molar-refractivity contribution is 7.89. The van der Waals surface area contributed by atoms with Gasteiger partial charge in [-0.1, -0.05) is 36.4 Å². The van der Waals surface area contributed by atoms with E-state index in [-0.39, 0.29) is 22.8 Å². The zero-order valence-electron chi connectivity index (χ0n) is 20.7. The first kappa shape index (κ1) is 27.1. The van der Waals surface area contributed by atoms with Gasteiger partial charge in [0.1, 0.15) is 11.4 Å². The van der Waals surface area contributed by atoms with Gasteiger partial charge in [-0.15, -0.1) is 0 Å². The minimum Gasteiger partial charge on any atom is -0.444 e. The average molecular weight is 506 g/mol. The van der Waals surface area contributed by atoms with Crippen molar-refractivity contribution in [3.05, 3.63) is 66.0 Å². The highest BCUT2D eigenvalue weighted by Gasteiger charge is 2.28. The van der Waals surface area contributed by atoms with E-state index in [0.717, 1.165) is 19.4 Å². The molecular formula is C26H36FN3O4S. The second-order valence-electron chi connectivity index (χ2n) is 9.92. The van der Waals surface area contributed by atoms with Crippen LogP contribution in [0.5, 0.6) is 0 Å². The summed E-state index contributed by atoms with van der Waals surface area (Å²) < 4.78 is 47.6. The SMILES string of the molecule is CC(C)(C)OC(=O)N[C@@H](CCN1CCC[C@H]1CNS(=O)(=O)c1ccccc1)Cc1ccccc1F. The number of ether oxygens (including phenoxy) is 1. The molecule has 3 rings (SSSR count). The van der Waals surface area contributed by atoms with Gasteiger partial charge < -0.3 is 10.1 Å². The first-order valence-electron chi connectivity index (χ1n) is 12.1. The Balaban J connectivity index is 1.61. The molecule has 2 aromatic carbocycles. The number of alkyl carbamates (subject to hydrolysis) is 1. The summed E-state index contributed by atoms with van der Waals surface area (Å²) >= 11 is 0. The van der Waals surface area contributed by atoms with Gasteiger partial charge in [0.05, 0.1) is 4.90 Å². The van der Waals surface area contributed by atoms with Crippen LogP contribution in [0.25, 0.3) is 0 Å². The van der Waals surface area contributed by atoms with E-state index in [1.165, 1.54) is 6.07 Å². The Hall–Kier alpha value is -2.49. The lowest BCUT2D eigenvalue weighted by Gasteiger charge is -2.28. The van der Waals surface area contributed by atoms with Crippen LogP contribution in [0.1, 0.15) is 45.6 Å². The molecule has 1 aliphatic rings. The van der Waals surface area contributed by atoms with E-state index in [2.05, 4.69) is 14.9 Å². The highest BCUT2D eigenvalue weighted by atomic mass is 32.2. The number of rotatable bonds is 10. The minimum absolute atomic E-state index is 0.0594. The summed E-state index contributed by atoms with van der Waals surface area (Å²) in [6.07, 6.45) is 2.23. The Morgan fingerprint density at radius 1 is 1.14 bits per heavy atom. The van der Waals surface area contributed by atoms with Gasteiger partial charge in [0, 0.05) is 25.2 Å². The number of carbonyl (C=O) groups is 1. The van der Waals surface area contributed by atoms with E-state index in [1.807, 2.05) is 0 Å². The van der Waals surface area contributed by atoms with Crippen LogP contribution >= 0.6 is 0 Å². The smallest absolute Gasteiger partial charge is 0.407 e. The molecule has 9 heteroatoms. The van der Waals surface area contributed by atoms with Gasteiger partial charge in [-0.05, 0) is 76.8 Å². The Labute approximate surface area is 208 Å². The lowest BCUT2D eigenvalue weighted by Crippen LogP contribution is -2.44. The number of likely N-dealkylation sites (tertiary alicyclic amines) is 1. The second-order valence-corrected chi connectivity index (χ2v) is 11.7. The highest BCUT2D eigenvalue weighted by Crippen LogP contribution is 2.20. The Morgan fingerprint density at radius 2 is 1.83 bits per heavy atom. The number of nitrogens with zero attached hydrogens (tertiary/aromatic N) is 1. The molecule has 1 aliphatic heterocycles. The molecule has 0 saturated carbocycles. The Bertz CT molecular complexity index is 1070. The molecule has 2 N–H and O–H groups in total. The van der Waals surface area contributed by atoms with Crippen LogP contribution in [-0.4, -0.2) is 56.7 Å². The third-order valence-electron chi connectivity index (χ3n) is 5.97. The average Bonchev–Trinajstić information content (AvgIpc) is 3.24. The number of sulfonamides is 1. The molecule has 0 unspecified atom stereocenters. The fourth-order valence-electron chi connectivity index (χ4n) is 4.26. The molecule has 1 fully saturated rings. The molecule has 0 radical (unpaired) electrons. The predicted octanol–water partition coefficient (Wildman–Crippen LogP) is 4.09. The molecule has 2 atom stereocenters. The van der Waals surface area contributed by atoms with Crippen LogP contribution < -0.4 is 10.0 Å².